The fraction of sp³-hybridized carbons (Fsp3) is 0.391. The van der Waals surface area contributed by atoms with Gasteiger partial charge in [-0.1, -0.05) is 41.9 Å². The number of thioether (sulfide) groups is 1. The van der Waals surface area contributed by atoms with Gasteiger partial charge in [0.05, 0.1) is 12.9 Å². The fourth-order valence-corrected chi connectivity index (χ4v) is 4.06. The predicted octanol–water partition coefficient (Wildman–Crippen LogP) is 4.52. The molecule has 5 nitrogen and oxygen atoms in total. The molecule has 2 aromatic carbocycles. The quantitative estimate of drug-likeness (QED) is 0.580. The van der Waals surface area contributed by atoms with Gasteiger partial charge in [0.25, 0.3) is 0 Å². The van der Waals surface area contributed by atoms with Crippen LogP contribution in [-0.4, -0.2) is 41.7 Å². The van der Waals surface area contributed by atoms with E-state index in [2.05, 4.69) is 5.32 Å². The number of hydrogen-bond acceptors (Lipinski definition) is 4. The molecule has 0 saturated heterocycles. The summed E-state index contributed by atoms with van der Waals surface area (Å²) in [7, 11) is 1.61. The first-order valence-electron chi connectivity index (χ1n) is 9.85. The number of ether oxygens (including phenoxy) is 1. The summed E-state index contributed by atoms with van der Waals surface area (Å²) < 4.78 is 5.20. The standard InChI is InChI=1S/C23H29ClN2O3S/c1-16(2)25-23(28)17(3)26(13-18-9-11-20(29-4)12-10-18)22(27)15-30-14-19-7-5-6-8-21(19)24/h5-12,16-17H,13-15H2,1-4H3,(H,25,28)/t17-/m0/s1. The Kier molecular flexibility index (Phi) is 9.53. The molecule has 0 saturated carbocycles. The minimum atomic E-state index is -0.581. The van der Waals surface area contributed by atoms with E-state index in [9.17, 15) is 9.59 Å². The Morgan fingerprint density at radius 1 is 1.10 bits per heavy atom. The average molecular weight is 449 g/mol. The monoisotopic (exact) mass is 448 g/mol. The highest BCUT2D eigenvalue weighted by Gasteiger charge is 2.26. The zero-order valence-corrected chi connectivity index (χ0v) is 19.4. The summed E-state index contributed by atoms with van der Waals surface area (Å²) in [4.78, 5) is 27.2. The Labute approximate surface area is 188 Å². The van der Waals surface area contributed by atoms with Crippen molar-refractivity contribution in [1.29, 1.82) is 0 Å². The Hall–Kier alpha value is -2.18. The Balaban J connectivity index is 2.08. The average Bonchev–Trinajstić information content (AvgIpc) is 2.72. The van der Waals surface area contributed by atoms with Gasteiger partial charge in [0.1, 0.15) is 11.8 Å². The van der Waals surface area contributed by atoms with E-state index in [4.69, 9.17) is 16.3 Å². The van der Waals surface area contributed by atoms with Crippen LogP contribution in [0.5, 0.6) is 5.75 Å². The van der Waals surface area contributed by atoms with Crippen LogP contribution in [-0.2, 0) is 21.9 Å². The first-order chi connectivity index (χ1) is 14.3. The lowest BCUT2D eigenvalue weighted by molar-refractivity contribution is -0.138. The van der Waals surface area contributed by atoms with Crippen LogP contribution >= 0.6 is 23.4 Å². The van der Waals surface area contributed by atoms with Gasteiger partial charge in [-0.15, -0.1) is 11.8 Å². The summed E-state index contributed by atoms with van der Waals surface area (Å²) >= 11 is 7.69. The largest absolute Gasteiger partial charge is 0.497 e. The highest BCUT2D eigenvalue weighted by molar-refractivity contribution is 7.99. The molecule has 0 aliphatic rings. The number of amides is 2. The van der Waals surface area contributed by atoms with Crippen molar-refractivity contribution in [2.75, 3.05) is 12.9 Å². The summed E-state index contributed by atoms with van der Waals surface area (Å²) in [5.41, 5.74) is 1.92. The van der Waals surface area contributed by atoms with Gasteiger partial charge in [0.2, 0.25) is 11.8 Å². The first-order valence-corrected chi connectivity index (χ1v) is 11.4. The van der Waals surface area contributed by atoms with Crippen LogP contribution in [0, 0.1) is 0 Å². The molecular formula is C23H29ClN2O3S. The smallest absolute Gasteiger partial charge is 0.242 e. The van der Waals surface area contributed by atoms with E-state index < -0.39 is 6.04 Å². The molecule has 2 rings (SSSR count). The molecule has 30 heavy (non-hydrogen) atoms. The molecule has 0 bridgehead atoms. The Morgan fingerprint density at radius 2 is 1.77 bits per heavy atom. The molecule has 1 atom stereocenters. The van der Waals surface area contributed by atoms with Gasteiger partial charge in [-0.3, -0.25) is 9.59 Å². The molecule has 0 radical (unpaired) electrons. The molecule has 0 spiro atoms. The second-order valence-corrected chi connectivity index (χ2v) is 8.69. The Bertz CT molecular complexity index is 843. The van der Waals surface area contributed by atoms with Crippen LogP contribution in [0.15, 0.2) is 48.5 Å². The van der Waals surface area contributed by atoms with E-state index in [1.807, 2.05) is 62.4 Å². The number of carbonyl (C=O) groups is 2. The number of halogens is 1. The summed E-state index contributed by atoms with van der Waals surface area (Å²) in [6, 6.07) is 14.5. The molecule has 0 heterocycles. The number of carbonyl (C=O) groups excluding carboxylic acids is 2. The number of rotatable bonds is 10. The second kappa shape index (κ2) is 11.9. The molecular weight excluding hydrogens is 420 g/mol. The number of benzene rings is 2. The van der Waals surface area contributed by atoms with E-state index >= 15 is 0 Å². The summed E-state index contributed by atoms with van der Waals surface area (Å²) in [5.74, 6) is 1.39. The molecule has 1 N–H and O–H groups in total. The highest BCUT2D eigenvalue weighted by atomic mass is 35.5. The first kappa shape index (κ1) is 24.1. The molecule has 7 heteroatoms. The number of methoxy groups -OCH3 is 1. The van der Waals surface area contributed by atoms with Crippen LogP contribution in [0.25, 0.3) is 0 Å². The maximum Gasteiger partial charge on any atom is 0.242 e. The van der Waals surface area contributed by atoms with Crippen LogP contribution in [0.1, 0.15) is 31.9 Å². The van der Waals surface area contributed by atoms with Gasteiger partial charge in [0.15, 0.2) is 0 Å². The normalized spacial score (nSPS) is 11.8. The van der Waals surface area contributed by atoms with Crippen LogP contribution in [0.4, 0.5) is 0 Å². The minimum Gasteiger partial charge on any atom is -0.497 e. The van der Waals surface area contributed by atoms with Crippen LogP contribution in [0.3, 0.4) is 0 Å². The number of nitrogens with zero attached hydrogens (tertiary/aromatic N) is 1. The summed E-state index contributed by atoms with van der Waals surface area (Å²) in [5, 5.41) is 3.59. The second-order valence-electron chi connectivity index (χ2n) is 7.29. The van der Waals surface area contributed by atoms with Gasteiger partial charge in [0, 0.05) is 23.4 Å². The molecule has 162 valence electrons. The van der Waals surface area contributed by atoms with Crippen molar-refractivity contribution in [2.45, 2.75) is 45.2 Å². The predicted molar refractivity (Wildman–Crippen MR) is 124 cm³/mol. The molecule has 0 aliphatic carbocycles. The topological polar surface area (TPSA) is 58.6 Å². The maximum atomic E-state index is 13.0. The van der Waals surface area contributed by atoms with Crippen molar-refractivity contribution in [1.82, 2.24) is 10.2 Å². The van der Waals surface area contributed by atoms with E-state index in [0.717, 1.165) is 16.9 Å². The minimum absolute atomic E-state index is 0.00693. The van der Waals surface area contributed by atoms with E-state index in [-0.39, 0.29) is 23.6 Å². The molecule has 2 amide bonds. The van der Waals surface area contributed by atoms with Crippen molar-refractivity contribution < 1.29 is 14.3 Å². The van der Waals surface area contributed by atoms with Gasteiger partial charge in [-0.2, -0.15) is 0 Å². The number of nitrogens with one attached hydrogen (secondary N) is 1. The zero-order valence-electron chi connectivity index (χ0n) is 17.9. The van der Waals surface area contributed by atoms with Gasteiger partial charge in [-0.05, 0) is 50.1 Å². The van der Waals surface area contributed by atoms with Gasteiger partial charge < -0.3 is 15.0 Å². The highest BCUT2D eigenvalue weighted by Crippen LogP contribution is 2.22. The SMILES string of the molecule is COc1ccc(CN(C(=O)CSCc2ccccc2Cl)[C@@H](C)C(=O)NC(C)C)cc1. The fourth-order valence-electron chi connectivity index (χ4n) is 2.86. The third-order valence-corrected chi connectivity index (χ3v) is 5.89. The maximum absolute atomic E-state index is 13.0. The lowest BCUT2D eigenvalue weighted by Crippen LogP contribution is -2.49. The lowest BCUT2D eigenvalue weighted by atomic mass is 10.1. The molecule has 2 aromatic rings. The van der Waals surface area contributed by atoms with Crippen molar-refractivity contribution in [3.8, 4) is 5.75 Å². The van der Waals surface area contributed by atoms with Crippen molar-refractivity contribution in [3.05, 3.63) is 64.7 Å². The summed E-state index contributed by atoms with van der Waals surface area (Å²) in [6.45, 7) is 5.92. The Morgan fingerprint density at radius 3 is 2.37 bits per heavy atom. The van der Waals surface area contributed by atoms with Crippen molar-refractivity contribution in [2.24, 2.45) is 0 Å². The van der Waals surface area contributed by atoms with Crippen molar-refractivity contribution in [3.63, 3.8) is 0 Å². The van der Waals surface area contributed by atoms with Crippen LogP contribution in [0.2, 0.25) is 5.02 Å². The molecule has 0 aromatic heterocycles. The third kappa shape index (κ3) is 7.26. The van der Waals surface area contributed by atoms with Crippen LogP contribution < -0.4 is 10.1 Å². The van der Waals surface area contributed by atoms with E-state index in [1.165, 1.54) is 11.8 Å². The van der Waals surface area contributed by atoms with Gasteiger partial charge >= 0.3 is 0 Å². The third-order valence-electron chi connectivity index (χ3n) is 4.55. The number of hydrogen-bond donors (Lipinski definition) is 1. The van der Waals surface area contributed by atoms with Crippen molar-refractivity contribution >= 4 is 35.2 Å². The zero-order chi connectivity index (χ0) is 22.1. The van der Waals surface area contributed by atoms with E-state index in [1.54, 1.807) is 18.9 Å². The summed E-state index contributed by atoms with van der Waals surface area (Å²) in [6.07, 6.45) is 0. The lowest BCUT2D eigenvalue weighted by Gasteiger charge is -2.29. The molecule has 0 unspecified atom stereocenters. The van der Waals surface area contributed by atoms with E-state index in [0.29, 0.717) is 17.3 Å². The molecule has 0 fully saturated rings. The molecule has 0 aliphatic heterocycles. The van der Waals surface area contributed by atoms with Gasteiger partial charge in [-0.25, -0.2) is 0 Å².